The summed E-state index contributed by atoms with van der Waals surface area (Å²) in [6.07, 6.45) is -0.504. The molecule has 1 aliphatic rings. The first kappa shape index (κ1) is 14.9. The lowest BCUT2D eigenvalue weighted by Gasteiger charge is -2.15. The number of alkyl halides is 3. The van der Waals surface area contributed by atoms with Gasteiger partial charge in [0.1, 0.15) is 0 Å². The van der Waals surface area contributed by atoms with Gasteiger partial charge in [-0.3, -0.25) is 0 Å². The Hall–Kier alpha value is -2.51. The van der Waals surface area contributed by atoms with Crippen LogP contribution in [-0.2, 0) is 6.18 Å². The van der Waals surface area contributed by atoms with E-state index >= 15 is 0 Å². The SMILES string of the molecule is NC(=Nc1ccc(C(F)(F)F)cc1)/N=C(/N)N1CC=CC1. The van der Waals surface area contributed by atoms with Crippen LogP contribution in [0.25, 0.3) is 0 Å². The Morgan fingerprint density at radius 2 is 1.62 bits per heavy atom. The van der Waals surface area contributed by atoms with E-state index in [0.29, 0.717) is 13.1 Å². The molecule has 0 unspecified atom stereocenters. The number of halogens is 3. The number of rotatable bonds is 1. The zero-order chi connectivity index (χ0) is 15.5. The van der Waals surface area contributed by atoms with Crippen LogP contribution in [0.2, 0.25) is 0 Å². The smallest absolute Gasteiger partial charge is 0.369 e. The zero-order valence-corrected chi connectivity index (χ0v) is 11.0. The van der Waals surface area contributed by atoms with Gasteiger partial charge in [-0.1, -0.05) is 12.2 Å². The predicted molar refractivity (Wildman–Crippen MR) is 75.1 cm³/mol. The molecule has 4 N–H and O–H groups in total. The molecule has 2 rings (SSSR count). The molecule has 112 valence electrons. The maximum absolute atomic E-state index is 12.4. The van der Waals surface area contributed by atoms with Gasteiger partial charge < -0.3 is 16.4 Å². The number of hydrogen-bond donors (Lipinski definition) is 2. The van der Waals surface area contributed by atoms with Gasteiger partial charge in [0.25, 0.3) is 0 Å². The molecular weight excluding hydrogens is 283 g/mol. The molecular formula is C13H14F3N5. The molecule has 0 aliphatic carbocycles. The quantitative estimate of drug-likeness (QED) is 0.471. The molecule has 1 aromatic rings. The van der Waals surface area contributed by atoms with Gasteiger partial charge >= 0.3 is 6.18 Å². The van der Waals surface area contributed by atoms with Crippen LogP contribution < -0.4 is 11.5 Å². The molecule has 0 fully saturated rings. The summed E-state index contributed by atoms with van der Waals surface area (Å²) in [5.41, 5.74) is 10.9. The molecule has 8 heteroatoms. The minimum absolute atomic E-state index is 0.112. The van der Waals surface area contributed by atoms with Crippen molar-refractivity contribution in [3.8, 4) is 0 Å². The lowest BCUT2D eigenvalue weighted by molar-refractivity contribution is -0.137. The minimum atomic E-state index is -4.38. The Balaban J connectivity index is 2.10. The van der Waals surface area contributed by atoms with E-state index in [9.17, 15) is 13.2 Å². The summed E-state index contributed by atoms with van der Waals surface area (Å²) in [5, 5.41) is 0. The Morgan fingerprint density at radius 1 is 1.05 bits per heavy atom. The Kier molecular flexibility index (Phi) is 4.15. The molecule has 0 atom stereocenters. The molecule has 0 saturated carbocycles. The minimum Gasteiger partial charge on any atom is -0.369 e. The number of guanidine groups is 2. The van der Waals surface area contributed by atoms with Crippen molar-refractivity contribution >= 4 is 17.6 Å². The molecule has 1 heterocycles. The van der Waals surface area contributed by atoms with Crippen molar-refractivity contribution in [2.45, 2.75) is 6.18 Å². The molecule has 5 nitrogen and oxygen atoms in total. The van der Waals surface area contributed by atoms with Crippen LogP contribution in [0.5, 0.6) is 0 Å². The fourth-order valence-corrected chi connectivity index (χ4v) is 1.74. The first-order valence-electron chi connectivity index (χ1n) is 6.12. The summed E-state index contributed by atoms with van der Waals surface area (Å²) in [6, 6.07) is 4.31. The van der Waals surface area contributed by atoms with Crippen LogP contribution in [0.4, 0.5) is 18.9 Å². The summed E-state index contributed by atoms with van der Waals surface area (Å²) in [7, 11) is 0. The van der Waals surface area contributed by atoms with Crippen molar-refractivity contribution in [2.24, 2.45) is 21.5 Å². The van der Waals surface area contributed by atoms with Crippen molar-refractivity contribution in [3.63, 3.8) is 0 Å². The fourth-order valence-electron chi connectivity index (χ4n) is 1.74. The maximum Gasteiger partial charge on any atom is 0.416 e. The average molecular weight is 297 g/mol. The highest BCUT2D eigenvalue weighted by Gasteiger charge is 2.29. The monoisotopic (exact) mass is 297 g/mol. The fraction of sp³-hybridized carbons (Fsp3) is 0.231. The Bertz CT molecular complexity index is 579. The molecule has 21 heavy (non-hydrogen) atoms. The van der Waals surface area contributed by atoms with Crippen molar-refractivity contribution in [1.82, 2.24) is 4.90 Å². The highest BCUT2D eigenvalue weighted by molar-refractivity contribution is 5.94. The highest BCUT2D eigenvalue weighted by atomic mass is 19.4. The van der Waals surface area contributed by atoms with E-state index in [1.54, 1.807) is 4.90 Å². The maximum atomic E-state index is 12.4. The Morgan fingerprint density at radius 3 is 2.14 bits per heavy atom. The third kappa shape index (κ3) is 3.98. The van der Waals surface area contributed by atoms with Gasteiger partial charge in [0.05, 0.1) is 11.3 Å². The first-order valence-corrected chi connectivity index (χ1v) is 6.12. The molecule has 0 spiro atoms. The van der Waals surface area contributed by atoms with Crippen molar-refractivity contribution in [3.05, 3.63) is 42.0 Å². The molecule has 0 aromatic heterocycles. The van der Waals surface area contributed by atoms with Crippen LogP contribution in [0, 0.1) is 0 Å². The molecule has 0 bridgehead atoms. The van der Waals surface area contributed by atoms with Gasteiger partial charge in [0.2, 0.25) is 5.96 Å². The lowest BCUT2D eigenvalue weighted by atomic mass is 10.2. The second-order valence-corrected chi connectivity index (χ2v) is 4.36. The van der Waals surface area contributed by atoms with Gasteiger partial charge in [0, 0.05) is 13.1 Å². The van der Waals surface area contributed by atoms with Crippen molar-refractivity contribution < 1.29 is 13.2 Å². The third-order valence-electron chi connectivity index (χ3n) is 2.81. The van der Waals surface area contributed by atoms with E-state index in [0.717, 1.165) is 12.1 Å². The van der Waals surface area contributed by atoms with Crippen LogP contribution in [0.1, 0.15) is 5.56 Å². The number of aliphatic imine (C=N–C) groups is 2. The lowest BCUT2D eigenvalue weighted by Crippen LogP contribution is -2.36. The molecule has 0 saturated heterocycles. The summed E-state index contributed by atoms with van der Waals surface area (Å²) in [5.74, 6) is 0.104. The summed E-state index contributed by atoms with van der Waals surface area (Å²) in [6.45, 7) is 1.28. The van der Waals surface area contributed by atoms with Gasteiger partial charge in [-0.2, -0.15) is 18.2 Å². The van der Waals surface area contributed by atoms with Crippen LogP contribution in [0.3, 0.4) is 0 Å². The summed E-state index contributed by atoms with van der Waals surface area (Å²) >= 11 is 0. The van der Waals surface area contributed by atoms with E-state index in [1.807, 2.05) is 12.2 Å². The van der Waals surface area contributed by atoms with Gasteiger partial charge in [-0.25, -0.2) is 4.99 Å². The number of benzene rings is 1. The molecule has 0 amide bonds. The van der Waals surface area contributed by atoms with Gasteiger partial charge in [-0.15, -0.1) is 0 Å². The largest absolute Gasteiger partial charge is 0.416 e. The van der Waals surface area contributed by atoms with E-state index in [4.69, 9.17) is 11.5 Å². The normalized spacial score (nSPS) is 16.6. The standard InChI is InChI=1S/C13H14F3N5/c14-13(15,16)9-3-5-10(6-4-9)19-11(17)20-12(18)21-7-1-2-8-21/h1-6H,7-8H2,(H4,17,18,19,20). The van der Waals surface area contributed by atoms with E-state index in [-0.39, 0.29) is 17.6 Å². The second-order valence-electron chi connectivity index (χ2n) is 4.36. The average Bonchev–Trinajstić information content (AvgIpc) is 2.92. The molecule has 1 aliphatic heterocycles. The topological polar surface area (TPSA) is 80.0 Å². The third-order valence-corrected chi connectivity index (χ3v) is 2.81. The number of nitrogens with two attached hydrogens (primary N) is 2. The number of hydrogen-bond acceptors (Lipinski definition) is 1. The van der Waals surface area contributed by atoms with E-state index in [2.05, 4.69) is 9.98 Å². The highest BCUT2D eigenvalue weighted by Crippen LogP contribution is 2.30. The van der Waals surface area contributed by atoms with E-state index in [1.165, 1.54) is 12.1 Å². The van der Waals surface area contributed by atoms with Crippen LogP contribution in [-0.4, -0.2) is 29.9 Å². The second kappa shape index (κ2) is 5.86. The summed E-state index contributed by atoms with van der Waals surface area (Å²) in [4.78, 5) is 9.59. The summed E-state index contributed by atoms with van der Waals surface area (Å²) < 4.78 is 37.2. The van der Waals surface area contributed by atoms with E-state index < -0.39 is 11.7 Å². The van der Waals surface area contributed by atoms with Gasteiger partial charge in [-0.05, 0) is 24.3 Å². The van der Waals surface area contributed by atoms with Gasteiger partial charge in [0.15, 0.2) is 5.96 Å². The zero-order valence-electron chi connectivity index (χ0n) is 11.0. The number of nitrogens with zero attached hydrogens (tertiary/aromatic N) is 3. The molecule has 0 radical (unpaired) electrons. The molecule has 1 aromatic carbocycles. The van der Waals surface area contributed by atoms with Crippen LogP contribution in [0.15, 0.2) is 46.4 Å². The van der Waals surface area contributed by atoms with Crippen molar-refractivity contribution in [2.75, 3.05) is 13.1 Å². The Labute approximate surface area is 119 Å². The van der Waals surface area contributed by atoms with Crippen LogP contribution >= 0.6 is 0 Å². The predicted octanol–water partition coefficient (Wildman–Crippen LogP) is 1.84. The first-order chi connectivity index (χ1) is 9.86. The van der Waals surface area contributed by atoms with Crippen molar-refractivity contribution in [1.29, 1.82) is 0 Å².